The lowest BCUT2D eigenvalue weighted by atomic mass is 10.2. The summed E-state index contributed by atoms with van der Waals surface area (Å²) in [6, 6.07) is 12.6. The van der Waals surface area contributed by atoms with E-state index in [0.29, 0.717) is 22.0 Å². The summed E-state index contributed by atoms with van der Waals surface area (Å²) in [7, 11) is 0. The normalized spacial score (nSPS) is 10.9. The van der Waals surface area contributed by atoms with Crippen LogP contribution in [-0.4, -0.2) is 27.7 Å². The van der Waals surface area contributed by atoms with Crippen molar-refractivity contribution in [2.24, 2.45) is 0 Å². The first kappa shape index (κ1) is 15.4. The van der Waals surface area contributed by atoms with E-state index < -0.39 is 0 Å². The second kappa shape index (κ2) is 6.41. The molecule has 6 nitrogen and oxygen atoms in total. The number of hydrogen-bond donors (Lipinski definition) is 2. The van der Waals surface area contributed by atoms with E-state index in [0.717, 1.165) is 16.3 Å². The molecular formula is C18H13ClN4O2. The van der Waals surface area contributed by atoms with Gasteiger partial charge in [-0.25, -0.2) is 0 Å². The van der Waals surface area contributed by atoms with Gasteiger partial charge < -0.3 is 10.1 Å². The molecule has 0 unspecified atom stereocenters. The van der Waals surface area contributed by atoms with Crippen molar-refractivity contribution >= 4 is 45.0 Å². The third-order valence-corrected chi connectivity index (χ3v) is 4.09. The minimum absolute atomic E-state index is 0.128. The van der Waals surface area contributed by atoms with Crippen molar-refractivity contribution < 1.29 is 9.53 Å². The summed E-state index contributed by atoms with van der Waals surface area (Å²) >= 11 is 6.15. The number of aromatic nitrogens is 3. The van der Waals surface area contributed by atoms with Crippen molar-refractivity contribution in [1.82, 2.24) is 15.2 Å². The first-order valence-corrected chi connectivity index (χ1v) is 7.97. The second-order valence-electron chi connectivity index (χ2n) is 5.45. The quantitative estimate of drug-likeness (QED) is 0.585. The van der Waals surface area contributed by atoms with Crippen LogP contribution in [0.25, 0.3) is 21.8 Å². The highest BCUT2D eigenvalue weighted by Crippen LogP contribution is 2.29. The van der Waals surface area contributed by atoms with Crippen LogP contribution in [0, 0.1) is 0 Å². The standard InChI is InChI=1S/C18H13ClN4O2/c19-14-4-6-16(18-13(14)2-1-7-20-18)25-10-17(24)22-12-3-5-15-11(8-12)9-21-23-15/h1-9H,10H2,(H,21,23)(H,22,24). The number of nitrogens with zero attached hydrogens (tertiary/aromatic N) is 2. The molecule has 0 atom stereocenters. The van der Waals surface area contributed by atoms with Crippen molar-refractivity contribution in [3.63, 3.8) is 0 Å². The summed E-state index contributed by atoms with van der Waals surface area (Å²) in [5.74, 6) is 0.252. The van der Waals surface area contributed by atoms with Crippen LogP contribution in [0.3, 0.4) is 0 Å². The third kappa shape index (κ3) is 3.12. The molecule has 25 heavy (non-hydrogen) atoms. The van der Waals surface area contributed by atoms with E-state index in [1.165, 1.54) is 0 Å². The van der Waals surface area contributed by atoms with E-state index in [-0.39, 0.29) is 12.5 Å². The summed E-state index contributed by atoms with van der Waals surface area (Å²) in [6.45, 7) is -0.128. The molecule has 2 N–H and O–H groups in total. The number of carbonyl (C=O) groups excluding carboxylic acids is 1. The molecule has 0 saturated carbocycles. The monoisotopic (exact) mass is 352 g/mol. The number of carbonyl (C=O) groups is 1. The maximum Gasteiger partial charge on any atom is 0.262 e. The molecule has 4 aromatic rings. The number of fused-ring (bicyclic) bond motifs is 2. The van der Waals surface area contributed by atoms with Gasteiger partial charge in [-0.1, -0.05) is 11.6 Å². The van der Waals surface area contributed by atoms with E-state index in [2.05, 4.69) is 20.5 Å². The molecule has 1 amide bonds. The Kier molecular flexibility index (Phi) is 3.95. The summed E-state index contributed by atoms with van der Waals surface area (Å²) in [6.07, 6.45) is 3.36. The highest BCUT2D eigenvalue weighted by Gasteiger charge is 2.10. The Bertz CT molecular complexity index is 1080. The van der Waals surface area contributed by atoms with Gasteiger partial charge in [0.05, 0.1) is 16.7 Å². The average molecular weight is 353 g/mol. The maximum absolute atomic E-state index is 12.2. The fourth-order valence-corrected chi connectivity index (χ4v) is 2.80. The summed E-state index contributed by atoms with van der Waals surface area (Å²) in [5, 5.41) is 11.9. The lowest BCUT2D eigenvalue weighted by molar-refractivity contribution is -0.118. The predicted molar refractivity (Wildman–Crippen MR) is 97.0 cm³/mol. The van der Waals surface area contributed by atoms with Crippen molar-refractivity contribution in [2.75, 3.05) is 11.9 Å². The van der Waals surface area contributed by atoms with Gasteiger partial charge in [0.2, 0.25) is 0 Å². The van der Waals surface area contributed by atoms with Crippen LogP contribution < -0.4 is 10.1 Å². The fraction of sp³-hybridized carbons (Fsp3) is 0.0556. The molecule has 0 spiro atoms. The smallest absolute Gasteiger partial charge is 0.262 e. The molecule has 0 aliphatic carbocycles. The Labute approximate surface area is 147 Å². The largest absolute Gasteiger partial charge is 0.481 e. The Morgan fingerprint density at radius 2 is 2.16 bits per heavy atom. The molecule has 0 aliphatic rings. The number of pyridine rings is 1. The highest BCUT2D eigenvalue weighted by atomic mass is 35.5. The van der Waals surface area contributed by atoms with Gasteiger partial charge in [-0.2, -0.15) is 5.10 Å². The number of nitrogens with one attached hydrogen (secondary N) is 2. The Balaban J connectivity index is 1.47. The van der Waals surface area contributed by atoms with E-state index in [4.69, 9.17) is 16.3 Å². The highest BCUT2D eigenvalue weighted by molar-refractivity contribution is 6.35. The van der Waals surface area contributed by atoms with Crippen LogP contribution in [-0.2, 0) is 4.79 Å². The number of amides is 1. The van der Waals surface area contributed by atoms with Gasteiger partial charge in [0.15, 0.2) is 6.61 Å². The molecule has 0 saturated heterocycles. The number of rotatable bonds is 4. The molecule has 2 heterocycles. The van der Waals surface area contributed by atoms with Gasteiger partial charge in [0, 0.05) is 22.7 Å². The van der Waals surface area contributed by atoms with Gasteiger partial charge in [0.1, 0.15) is 11.3 Å². The van der Waals surface area contributed by atoms with Gasteiger partial charge in [-0.05, 0) is 42.5 Å². The molecule has 2 aromatic carbocycles. The van der Waals surface area contributed by atoms with Crippen LogP contribution >= 0.6 is 11.6 Å². The minimum atomic E-state index is -0.262. The number of H-pyrrole nitrogens is 1. The molecule has 0 radical (unpaired) electrons. The van der Waals surface area contributed by atoms with Crippen LogP contribution in [0.2, 0.25) is 5.02 Å². The SMILES string of the molecule is O=C(COc1ccc(Cl)c2cccnc12)Nc1ccc2[nH]ncc2c1. The Morgan fingerprint density at radius 1 is 1.24 bits per heavy atom. The van der Waals surface area contributed by atoms with E-state index in [9.17, 15) is 4.79 Å². The number of benzene rings is 2. The van der Waals surface area contributed by atoms with E-state index in [1.54, 1.807) is 36.7 Å². The molecule has 4 rings (SSSR count). The number of halogens is 1. The van der Waals surface area contributed by atoms with Gasteiger partial charge in [-0.3, -0.25) is 14.9 Å². The maximum atomic E-state index is 12.2. The van der Waals surface area contributed by atoms with Gasteiger partial charge >= 0.3 is 0 Å². The number of hydrogen-bond acceptors (Lipinski definition) is 4. The molecule has 0 bridgehead atoms. The van der Waals surface area contributed by atoms with Crippen molar-refractivity contribution in [1.29, 1.82) is 0 Å². The second-order valence-corrected chi connectivity index (χ2v) is 5.86. The molecule has 0 fully saturated rings. The Morgan fingerprint density at radius 3 is 3.08 bits per heavy atom. The minimum Gasteiger partial charge on any atom is -0.481 e. The molecule has 0 aliphatic heterocycles. The first-order chi connectivity index (χ1) is 12.2. The first-order valence-electron chi connectivity index (χ1n) is 7.60. The van der Waals surface area contributed by atoms with Crippen LogP contribution in [0.4, 0.5) is 5.69 Å². The van der Waals surface area contributed by atoms with Crippen LogP contribution in [0.1, 0.15) is 0 Å². The molecule has 124 valence electrons. The summed E-state index contributed by atoms with van der Waals surface area (Å²) < 4.78 is 5.63. The zero-order valence-corrected chi connectivity index (χ0v) is 13.7. The molecule has 2 aromatic heterocycles. The molecular weight excluding hydrogens is 340 g/mol. The zero-order chi connectivity index (χ0) is 17.2. The topological polar surface area (TPSA) is 79.9 Å². The zero-order valence-electron chi connectivity index (χ0n) is 13.0. The van der Waals surface area contributed by atoms with Gasteiger partial charge in [-0.15, -0.1) is 0 Å². The third-order valence-electron chi connectivity index (χ3n) is 3.76. The van der Waals surface area contributed by atoms with Crippen LogP contribution in [0.15, 0.2) is 54.9 Å². The average Bonchev–Trinajstić information content (AvgIpc) is 3.09. The predicted octanol–water partition coefficient (Wildman–Crippen LogP) is 3.78. The number of aromatic amines is 1. The van der Waals surface area contributed by atoms with Crippen molar-refractivity contribution in [2.45, 2.75) is 0 Å². The summed E-state index contributed by atoms with van der Waals surface area (Å²) in [5.41, 5.74) is 2.22. The van der Waals surface area contributed by atoms with Gasteiger partial charge in [0.25, 0.3) is 5.91 Å². The molecule has 7 heteroatoms. The number of anilines is 1. The van der Waals surface area contributed by atoms with Crippen LogP contribution in [0.5, 0.6) is 5.75 Å². The lowest BCUT2D eigenvalue weighted by Crippen LogP contribution is -2.20. The summed E-state index contributed by atoms with van der Waals surface area (Å²) in [4.78, 5) is 16.4. The fourth-order valence-electron chi connectivity index (χ4n) is 2.59. The van der Waals surface area contributed by atoms with E-state index in [1.807, 2.05) is 18.2 Å². The van der Waals surface area contributed by atoms with E-state index >= 15 is 0 Å². The lowest BCUT2D eigenvalue weighted by Gasteiger charge is -2.10. The number of ether oxygens (including phenoxy) is 1. The Hall–Kier alpha value is -3.12. The van der Waals surface area contributed by atoms with Crippen molar-refractivity contribution in [3.8, 4) is 5.75 Å². The van der Waals surface area contributed by atoms with Crippen molar-refractivity contribution in [3.05, 3.63) is 59.9 Å².